The largest absolute Gasteiger partial charge is 0.486 e. The fourth-order valence-corrected chi connectivity index (χ4v) is 2.10. The number of hydrogen-bond acceptors (Lipinski definition) is 4. The Kier molecular flexibility index (Phi) is 4.33. The highest BCUT2D eigenvalue weighted by atomic mass is 32.2. The van der Waals surface area contributed by atoms with E-state index in [1.165, 1.54) is 4.90 Å². The lowest BCUT2D eigenvalue weighted by Crippen LogP contribution is -1.96. The van der Waals surface area contributed by atoms with Gasteiger partial charge in [0.1, 0.15) is 23.9 Å². The van der Waals surface area contributed by atoms with Gasteiger partial charge in [-0.1, -0.05) is 0 Å². The van der Waals surface area contributed by atoms with Crippen molar-refractivity contribution in [3.8, 4) is 5.75 Å². The number of benzene rings is 1. The molecule has 2 aromatic rings. The second-order valence-electron chi connectivity index (χ2n) is 3.96. The van der Waals surface area contributed by atoms with Crippen LogP contribution in [0.4, 0.5) is 0 Å². The monoisotopic (exact) mass is 263 g/mol. The second-order valence-corrected chi connectivity index (χ2v) is 4.84. The van der Waals surface area contributed by atoms with Gasteiger partial charge in [0, 0.05) is 17.0 Å². The van der Waals surface area contributed by atoms with Crippen molar-refractivity contribution in [1.82, 2.24) is 0 Å². The zero-order valence-electron chi connectivity index (χ0n) is 10.6. The second kappa shape index (κ2) is 5.98. The quantitative estimate of drug-likeness (QED) is 0.840. The van der Waals surface area contributed by atoms with Crippen LogP contribution in [0.25, 0.3) is 0 Å². The van der Waals surface area contributed by atoms with Crippen molar-refractivity contribution in [2.75, 3.05) is 6.26 Å². The van der Waals surface area contributed by atoms with Crippen LogP contribution in [-0.4, -0.2) is 6.26 Å². The molecule has 1 aromatic carbocycles. The lowest BCUT2D eigenvalue weighted by molar-refractivity contribution is 0.267. The summed E-state index contributed by atoms with van der Waals surface area (Å²) in [6, 6.07) is 9.96. The Balaban J connectivity index is 1.97. The van der Waals surface area contributed by atoms with Crippen molar-refractivity contribution in [3.05, 3.63) is 47.4 Å². The molecule has 96 valence electrons. The Morgan fingerprint density at radius 1 is 1.28 bits per heavy atom. The summed E-state index contributed by atoms with van der Waals surface area (Å²) in [5.74, 6) is 2.52. The summed E-state index contributed by atoms with van der Waals surface area (Å²) in [5.41, 5.74) is 6.63. The smallest absolute Gasteiger partial charge is 0.146 e. The summed E-state index contributed by atoms with van der Waals surface area (Å²) in [5, 5.41) is 0. The van der Waals surface area contributed by atoms with E-state index >= 15 is 0 Å². The standard InChI is InChI=1S/C14H17NO2S/c1-10-11(8-15)7-13(17-10)9-16-12-3-5-14(18-2)6-4-12/h3-7H,8-9,15H2,1-2H3. The summed E-state index contributed by atoms with van der Waals surface area (Å²) < 4.78 is 11.2. The summed E-state index contributed by atoms with van der Waals surface area (Å²) in [6.07, 6.45) is 2.05. The maximum absolute atomic E-state index is 5.66. The van der Waals surface area contributed by atoms with E-state index in [4.69, 9.17) is 14.9 Å². The third-order valence-electron chi connectivity index (χ3n) is 2.73. The van der Waals surface area contributed by atoms with Crippen LogP contribution in [0, 0.1) is 6.92 Å². The molecule has 0 bridgehead atoms. The first-order chi connectivity index (χ1) is 8.72. The molecule has 1 aromatic heterocycles. The van der Waals surface area contributed by atoms with Gasteiger partial charge in [0.2, 0.25) is 0 Å². The Hall–Kier alpha value is -1.39. The Bertz CT molecular complexity index is 505. The molecule has 2 rings (SSSR count). The normalized spacial score (nSPS) is 10.6. The molecule has 4 heteroatoms. The van der Waals surface area contributed by atoms with Gasteiger partial charge in [-0.3, -0.25) is 0 Å². The zero-order chi connectivity index (χ0) is 13.0. The van der Waals surface area contributed by atoms with E-state index in [1.807, 2.05) is 37.3 Å². The van der Waals surface area contributed by atoms with E-state index in [0.717, 1.165) is 22.8 Å². The van der Waals surface area contributed by atoms with Crippen LogP contribution in [0.2, 0.25) is 0 Å². The number of nitrogens with two attached hydrogens (primary N) is 1. The third-order valence-corrected chi connectivity index (χ3v) is 3.48. The summed E-state index contributed by atoms with van der Waals surface area (Å²) in [4.78, 5) is 1.22. The summed E-state index contributed by atoms with van der Waals surface area (Å²) >= 11 is 1.71. The molecule has 0 spiro atoms. The minimum absolute atomic E-state index is 0.430. The highest BCUT2D eigenvalue weighted by molar-refractivity contribution is 7.98. The maximum atomic E-state index is 5.66. The van der Waals surface area contributed by atoms with Gasteiger partial charge in [-0.15, -0.1) is 11.8 Å². The fourth-order valence-electron chi connectivity index (χ4n) is 1.69. The topological polar surface area (TPSA) is 48.4 Å². The van der Waals surface area contributed by atoms with Crippen LogP contribution >= 0.6 is 11.8 Å². The molecule has 0 amide bonds. The van der Waals surface area contributed by atoms with Crippen LogP contribution in [0.15, 0.2) is 39.6 Å². The molecule has 0 unspecified atom stereocenters. The van der Waals surface area contributed by atoms with Crippen molar-refractivity contribution in [3.63, 3.8) is 0 Å². The number of thioether (sulfide) groups is 1. The van der Waals surface area contributed by atoms with E-state index < -0.39 is 0 Å². The van der Waals surface area contributed by atoms with Crippen LogP contribution in [0.1, 0.15) is 17.1 Å². The molecule has 3 nitrogen and oxygen atoms in total. The van der Waals surface area contributed by atoms with Gasteiger partial charge in [0.25, 0.3) is 0 Å². The van der Waals surface area contributed by atoms with E-state index in [0.29, 0.717) is 13.2 Å². The molecule has 0 saturated heterocycles. The maximum Gasteiger partial charge on any atom is 0.146 e. The van der Waals surface area contributed by atoms with Gasteiger partial charge in [0.15, 0.2) is 0 Å². The average molecular weight is 263 g/mol. The molecule has 2 N–H and O–H groups in total. The van der Waals surface area contributed by atoms with Gasteiger partial charge in [0.05, 0.1) is 0 Å². The van der Waals surface area contributed by atoms with Crippen molar-refractivity contribution in [2.45, 2.75) is 25.0 Å². The van der Waals surface area contributed by atoms with E-state index in [1.54, 1.807) is 11.8 Å². The Morgan fingerprint density at radius 2 is 2.00 bits per heavy atom. The average Bonchev–Trinajstić information content (AvgIpc) is 2.77. The fraction of sp³-hybridized carbons (Fsp3) is 0.286. The number of aryl methyl sites for hydroxylation is 1. The van der Waals surface area contributed by atoms with Crippen LogP contribution in [-0.2, 0) is 13.2 Å². The molecule has 0 saturated carbocycles. The molecule has 1 heterocycles. The Morgan fingerprint density at radius 3 is 2.56 bits per heavy atom. The van der Waals surface area contributed by atoms with E-state index in [-0.39, 0.29) is 0 Å². The number of rotatable bonds is 5. The van der Waals surface area contributed by atoms with Gasteiger partial charge in [-0.2, -0.15) is 0 Å². The number of ether oxygens (including phenoxy) is 1. The first kappa shape index (κ1) is 13.1. The number of furan rings is 1. The molecule has 0 aliphatic carbocycles. The number of hydrogen-bond donors (Lipinski definition) is 1. The summed E-state index contributed by atoms with van der Waals surface area (Å²) in [7, 11) is 0. The molecule has 0 aliphatic rings. The zero-order valence-corrected chi connectivity index (χ0v) is 11.4. The molecule has 0 radical (unpaired) electrons. The summed E-state index contributed by atoms with van der Waals surface area (Å²) in [6.45, 7) is 2.84. The highest BCUT2D eigenvalue weighted by Crippen LogP contribution is 2.21. The SMILES string of the molecule is CSc1ccc(OCc2cc(CN)c(C)o2)cc1. The first-order valence-corrected chi connectivity index (χ1v) is 7.00. The van der Waals surface area contributed by atoms with E-state index in [9.17, 15) is 0 Å². The van der Waals surface area contributed by atoms with Gasteiger partial charge >= 0.3 is 0 Å². The molecule has 0 atom stereocenters. The highest BCUT2D eigenvalue weighted by Gasteiger charge is 2.06. The molecule has 18 heavy (non-hydrogen) atoms. The van der Waals surface area contributed by atoms with Gasteiger partial charge < -0.3 is 14.9 Å². The minimum atomic E-state index is 0.430. The lowest BCUT2D eigenvalue weighted by atomic mass is 10.2. The van der Waals surface area contributed by atoms with Crippen molar-refractivity contribution >= 4 is 11.8 Å². The first-order valence-electron chi connectivity index (χ1n) is 5.78. The van der Waals surface area contributed by atoms with Crippen LogP contribution in [0.3, 0.4) is 0 Å². The minimum Gasteiger partial charge on any atom is -0.486 e. The van der Waals surface area contributed by atoms with Crippen molar-refractivity contribution in [1.29, 1.82) is 0 Å². The molecular formula is C14H17NO2S. The lowest BCUT2D eigenvalue weighted by Gasteiger charge is -2.04. The van der Waals surface area contributed by atoms with E-state index in [2.05, 4.69) is 6.26 Å². The van der Waals surface area contributed by atoms with Crippen molar-refractivity contribution < 1.29 is 9.15 Å². The molecular weight excluding hydrogens is 246 g/mol. The Labute approximate surface area is 111 Å². The van der Waals surface area contributed by atoms with Crippen LogP contribution < -0.4 is 10.5 Å². The predicted octanol–water partition coefficient (Wildman–Crippen LogP) is 3.35. The van der Waals surface area contributed by atoms with Crippen molar-refractivity contribution in [2.24, 2.45) is 5.73 Å². The molecule has 0 aliphatic heterocycles. The third kappa shape index (κ3) is 3.09. The van der Waals surface area contributed by atoms with Gasteiger partial charge in [-0.25, -0.2) is 0 Å². The predicted molar refractivity (Wildman–Crippen MR) is 73.9 cm³/mol. The van der Waals surface area contributed by atoms with Crippen LogP contribution in [0.5, 0.6) is 5.75 Å². The molecule has 0 fully saturated rings. The van der Waals surface area contributed by atoms with Gasteiger partial charge in [-0.05, 0) is 43.5 Å².